The van der Waals surface area contributed by atoms with Gasteiger partial charge in [0.25, 0.3) is 0 Å². The standard InChI is InChI=1S/C8H14O3/c1-7(9)11-4-3-8(2)5-10-6-8/h3-6H2,1-2H3. The van der Waals surface area contributed by atoms with E-state index >= 15 is 0 Å². The van der Waals surface area contributed by atoms with E-state index in [4.69, 9.17) is 9.47 Å². The summed E-state index contributed by atoms with van der Waals surface area (Å²) >= 11 is 0. The van der Waals surface area contributed by atoms with Crippen molar-refractivity contribution in [2.45, 2.75) is 20.3 Å². The van der Waals surface area contributed by atoms with Gasteiger partial charge < -0.3 is 9.47 Å². The predicted octanol–water partition coefficient (Wildman–Crippen LogP) is 0.976. The first-order chi connectivity index (χ1) is 5.12. The Labute approximate surface area is 66.7 Å². The topological polar surface area (TPSA) is 35.5 Å². The van der Waals surface area contributed by atoms with E-state index in [1.54, 1.807) is 0 Å². The van der Waals surface area contributed by atoms with Gasteiger partial charge in [-0.1, -0.05) is 6.92 Å². The first-order valence-corrected chi connectivity index (χ1v) is 3.83. The molecule has 1 rings (SSSR count). The molecule has 0 atom stereocenters. The second-order valence-electron chi connectivity index (χ2n) is 3.39. The largest absolute Gasteiger partial charge is 0.466 e. The molecule has 3 heteroatoms. The van der Waals surface area contributed by atoms with E-state index < -0.39 is 0 Å². The van der Waals surface area contributed by atoms with Crippen LogP contribution >= 0.6 is 0 Å². The van der Waals surface area contributed by atoms with Crippen LogP contribution in [0.25, 0.3) is 0 Å². The highest BCUT2D eigenvalue weighted by atomic mass is 16.5. The Balaban J connectivity index is 2.07. The molecule has 0 aromatic heterocycles. The summed E-state index contributed by atoms with van der Waals surface area (Å²) in [5.41, 5.74) is 0.259. The Hall–Kier alpha value is -0.570. The van der Waals surface area contributed by atoms with Crippen molar-refractivity contribution in [1.29, 1.82) is 0 Å². The number of rotatable bonds is 3. The molecule has 1 aliphatic rings. The summed E-state index contributed by atoms with van der Waals surface area (Å²) in [5, 5.41) is 0. The molecule has 0 spiro atoms. The molecular weight excluding hydrogens is 144 g/mol. The van der Waals surface area contributed by atoms with Crippen LogP contribution in [-0.4, -0.2) is 25.8 Å². The maximum atomic E-state index is 10.4. The highest BCUT2D eigenvalue weighted by Gasteiger charge is 2.32. The molecular formula is C8H14O3. The zero-order valence-electron chi connectivity index (χ0n) is 7.05. The van der Waals surface area contributed by atoms with Gasteiger partial charge in [-0.05, 0) is 6.42 Å². The minimum Gasteiger partial charge on any atom is -0.466 e. The molecule has 0 aliphatic carbocycles. The number of esters is 1. The average Bonchev–Trinajstić information content (AvgIpc) is 1.83. The lowest BCUT2D eigenvalue weighted by Gasteiger charge is -2.37. The fourth-order valence-electron chi connectivity index (χ4n) is 1.04. The van der Waals surface area contributed by atoms with E-state index in [0.717, 1.165) is 19.6 Å². The van der Waals surface area contributed by atoms with Gasteiger partial charge in [0.15, 0.2) is 0 Å². The van der Waals surface area contributed by atoms with Gasteiger partial charge >= 0.3 is 5.97 Å². The number of carbonyl (C=O) groups excluding carboxylic acids is 1. The molecule has 0 aromatic carbocycles. The zero-order chi connectivity index (χ0) is 8.32. The van der Waals surface area contributed by atoms with E-state index in [2.05, 4.69) is 6.92 Å². The summed E-state index contributed by atoms with van der Waals surface area (Å²) in [7, 11) is 0. The third kappa shape index (κ3) is 2.50. The lowest BCUT2D eigenvalue weighted by atomic mass is 9.85. The van der Waals surface area contributed by atoms with Crippen molar-refractivity contribution in [1.82, 2.24) is 0 Å². The quantitative estimate of drug-likeness (QED) is 0.574. The van der Waals surface area contributed by atoms with Gasteiger partial charge in [0.05, 0.1) is 19.8 Å². The summed E-state index contributed by atoms with van der Waals surface area (Å²) in [6.07, 6.45) is 0.909. The maximum Gasteiger partial charge on any atom is 0.302 e. The Morgan fingerprint density at radius 1 is 1.64 bits per heavy atom. The predicted molar refractivity (Wildman–Crippen MR) is 40.2 cm³/mol. The molecule has 0 radical (unpaired) electrons. The molecule has 0 N–H and O–H groups in total. The van der Waals surface area contributed by atoms with Crippen molar-refractivity contribution in [3.8, 4) is 0 Å². The van der Waals surface area contributed by atoms with Crippen LogP contribution in [0, 0.1) is 5.41 Å². The fourth-order valence-corrected chi connectivity index (χ4v) is 1.04. The second-order valence-corrected chi connectivity index (χ2v) is 3.39. The molecule has 0 bridgehead atoms. The van der Waals surface area contributed by atoms with Crippen LogP contribution in [0.4, 0.5) is 0 Å². The Morgan fingerprint density at radius 2 is 2.27 bits per heavy atom. The molecule has 64 valence electrons. The van der Waals surface area contributed by atoms with E-state index in [1.165, 1.54) is 6.92 Å². The third-order valence-corrected chi connectivity index (χ3v) is 1.91. The summed E-state index contributed by atoms with van der Waals surface area (Å²) in [5.74, 6) is -0.200. The molecule has 0 amide bonds. The highest BCUT2D eigenvalue weighted by Crippen LogP contribution is 2.30. The molecule has 1 fully saturated rings. The van der Waals surface area contributed by atoms with Crippen LogP contribution in [0.15, 0.2) is 0 Å². The van der Waals surface area contributed by atoms with Crippen LogP contribution in [0.5, 0.6) is 0 Å². The van der Waals surface area contributed by atoms with Crippen LogP contribution in [0.3, 0.4) is 0 Å². The lowest BCUT2D eigenvalue weighted by molar-refractivity contribution is -0.146. The molecule has 0 unspecified atom stereocenters. The molecule has 0 aromatic rings. The number of hydrogen-bond acceptors (Lipinski definition) is 3. The van der Waals surface area contributed by atoms with Gasteiger partial charge in [0, 0.05) is 12.3 Å². The monoisotopic (exact) mass is 158 g/mol. The summed E-state index contributed by atoms with van der Waals surface area (Å²) in [6.45, 7) is 5.69. The first-order valence-electron chi connectivity index (χ1n) is 3.83. The minimum absolute atomic E-state index is 0.200. The number of hydrogen-bond donors (Lipinski definition) is 0. The average molecular weight is 158 g/mol. The molecule has 3 nitrogen and oxygen atoms in total. The van der Waals surface area contributed by atoms with E-state index in [0.29, 0.717) is 6.61 Å². The van der Waals surface area contributed by atoms with Crippen molar-refractivity contribution in [2.24, 2.45) is 5.41 Å². The SMILES string of the molecule is CC(=O)OCCC1(C)COC1. The van der Waals surface area contributed by atoms with Crippen molar-refractivity contribution in [3.05, 3.63) is 0 Å². The Morgan fingerprint density at radius 3 is 2.64 bits per heavy atom. The fraction of sp³-hybridized carbons (Fsp3) is 0.875. The normalized spacial score (nSPS) is 20.5. The summed E-state index contributed by atoms with van der Waals surface area (Å²) in [6, 6.07) is 0. The van der Waals surface area contributed by atoms with Crippen molar-refractivity contribution < 1.29 is 14.3 Å². The third-order valence-electron chi connectivity index (χ3n) is 1.91. The van der Waals surface area contributed by atoms with E-state index in [1.807, 2.05) is 0 Å². The van der Waals surface area contributed by atoms with Gasteiger partial charge in [0.2, 0.25) is 0 Å². The van der Waals surface area contributed by atoms with Gasteiger partial charge in [-0.3, -0.25) is 4.79 Å². The number of carbonyl (C=O) groups is 1. The van der Waals surface area contributed by atoms with Gasteiger partial charge in [-0.15, -0.1) is 0 Å². The van der Waals surface area contributed by atoms with Crippen molar-refractivity contribution >= 4 is 5.97 Å². The van der Waals surface area contributed by atoms with Crippen LogP contribution < -0.4 is 0 Å². The Bertz CT molecular complexity index is 149. The lowest BCUT2D eigenvalue weighted by Crippen LogP contribution is -2.40. The van der Waals surface area contributed by atoms with E-state index in [9.17, 15) is 4.79 Å². The molecule has 1 heterocycles. The number of ether oxygens (including phenoxy) is 2. The molecule has 1 aliphatic heterocycles. The van der Waals surface area contributed by atoms with Gasteiger partial charge in [-0.2, -0.15) is 0 Å². The second kappa shape index (κ2) is 3.22. The van der Waals surface area contributed by atoms with Crippen LogP contribution in [0.2, 0.25) is 0 Å². The van der Waals surface area contributed by atoms with Crippen molar-refractivity contribution in [3.63, 3.8) is 0 Å². The van der Waals surface area contributed by atoms with Crippen molar-refractivity contribution in [2.75, 3.05) is 19.8 Å². The summed E-state index contributed by atoms with van der Waals surface area (Å²) < 4.78 is 9.87. The molecule has 0 saturated carbocycles. The summed E-state index contributed by atoms with van der Waals surface area (Å²) in [4.78, 5) is 10.4. The van der Waals surface area contributed by atoms with Gasteiger partial charge in [-0.25, -0.2) is 0 Å². The molecule has 11 heavy (non-hydrogen) atoms. The van der Waals surface area contributed by atoms with Crippen LogP contribution in [-0.2, 0) is 14.3 Å². The maximum absolute atomic E-state index is 10.4. The van der Waals surface area contributed by atoms with Crippen LogP contribution in [0.1, 0.15) is 20.3 Å². The van der Waals surface area contributed by atoms with Gasteiger partial charge in [0.1, 0.15) is 0 Å². The minimum atomic E-state index is -0.200. The first kappa shape index (κ1) is 8.53. The molecule has 1 saturated heterocycles. The zero-order valence-corrected chi connectivity index (χ0v) is 7.05. The Kier molecular flexibility index (Phi) is 2.49. The van der Waals surface area contributed by atoms with E-state index in [-0.39, 0.29) is 11.4 Å². The smallest absolute Gasteiger partial charge is 0.302 e. The highest BCUT2D eigenvalue weighted by molar-refractivity contribution is 5.65.